The van der Waals surface area contributed by atoms with E-state index in [1.54, 1.807) is 7.11 Å². The van der Waals surface area contributed by atoms with Crippen molar-refractivity contribution in [3.63, 3.8) is 0 Å². The number of methoxy groups -OCH3 is 1. The van der Waals surface area contributed by atoms with Gasteiger partial charge in [-0.25, -0.2) is 0 Å². The Morgan fingerprint density at radius 1 is 1.32 bits per heavy atom. The summed E-state index contributed by atoms with van der Waals surface area (Å²) < 4.78 is 4.97. The van der Waals surface area contributed by atoms with Gasteiger partial charge in [-0.3, -0.25) is 9.59 Å². The molecular weight excluding hydrogens is 304 g/mol. The van der Waals surface area contributed by atoms with Crippen molar-refractivity contribution in [2.24, 2.45) is 0 Å². The van der Waals surface area contributed by atoms with Crippen LogP contribution < -0.4 is 10.6 Å². The molecule has 0 atom stereocenters. The largest absolute Gasteiger partial charge is 0.480 e. The minimum absolute atomic E-state index is 0.122. The molecule has 0 radical (unpaired) electrons. The minimum Gasteiger partial charge on any atom is -0.480 e. The Morgan fingerprint density at radius 2 is 2.09 bits per heavy atom. The Hall–Kier alpha value is -1.60. The summed E-state index contributed by atoms with van der Waals surface area (Å²) >= 11 is 1.52. The predicted molar refractivity (Wildman–Crippen MR) is 85.9 cm³/mol. The molecule has 3 N–H and O–H groups in total. The number of aliphatic carboxylic acids is 1. The van der Waals surface area contributed by atoms with E-state index in [9.17, 15) is 9.59 Å². The fourth-order valence-corrected chi connectivity index (χ4v) is 3.88. The average Bonchev–Trinajstić information content (AvgIpc) is 2.87. The molecule has 0 aliphatic heterocycles. The summed E-state index contributed by atoms with van der Waals surface area (Å²) in [6.45, 7) is 0.977. The maximum absolute atomic E-state index is 12.5. The highest BCUT2D eigenvalue weighted by Gasteiger charge is 2.25. The van der Waals surface area contributed by atoms with E-state index >= 15 is 0 Å². The normalized spacial score (nSPS) is 13.5. The Morgan fingerprint density at radius 3 is 2.82 bits per heavy atom. The number of hydrogen-bond acceptors (Lipinski definition) is 5. The van der Waals surface area contributed by atoms with Gasteiger partial charge in [0.2, 0.25) is 0 Å². The van der Waals surface area contributed by atoms with Crippen molar-refractivity contribution in [2.75, 3.05) is 32.1 Å². The lowest BCUT2D eigenvalue weighted by Gasteiger charge is -2.13. The van der Waals surface area contributed by atoms with E-state index in [0.717, 1.165) is 37.7 Å². The zero-order valence-electron chi connectivity index (χ0n) is 12.7. The summed E-state index contributed by atoms with van der Waals surface area (Å²) in [5, 5.41) is 15.3. The highest BCUT2D eigenvalue weighted by molar-refractivity contribution is 7.16. The number of rotatable bonds is 8. The molecule has 7 heteroatoms. The van der Waals surface area contributed by atoms with Crippen molar-refractivity contribution in [1.29, 1.82) is 0 Å². The van der Waals surface area contributed by atoms with E-state index in [1.807, 2.05) is 0 Å². The first-order valence-electron chi connectivity index (χ1n) is 7.50. The molecule has 1 amide bonds. The third-order valence-electron chi connectivity index (χ3n) is 3.61. The molecule has 22 heavy (non-hydrogen) atoms. The lowest BCUT2D eigenvalue weighted by atomic mass is 9.95. The third-order valence-corrected chi connectivity index (χ3v) is 4.86. The summed E-state index contributed by atoms with van der Waals surface area (Å²) in [4.78, 5) is 24.5. The van der Waals surface area contributed by atoms with Gasteiger partial charge in [0.15, 0.2) is 0 Å². The van der Waals surface area contributed by atoms with Crippen molar-refractivity contribution in [3.8, 4) is 0 Å². The first kappa shape index (κ1) is 16.8. The zero-order valence-corrected chi connectivity index (χ0v) is 13.6. The molecule has 2 rings (SSSR count). The van der Waals surface area contributed by atoms with Crippen molar-refractivity contribution in [2.45, 2.75) is 32.1 Å². The van der Waals surface area contributed by atoms with Gasteiger partial charge in [-0.15, -0.1) is 11.3 Å². The molecule has 122 valence electrons. The van der Waals surface area contributed by atoms with Gasteiger partial charge in [0.1, 0.15) is 11.5 Å². The van der Waals surface area contributed by atoms with Crippen molar-refractivity contribution in [1.82, 2.24) is 5.32 Å². The number of carboxylic acid groups (broad SMARTS) is 1. The smallest absolute Gasteiger partial charge is 0.322 e. The van der Waals surface area contributed by atoms with Gasteiger partial charge in [0.25, 0.3) is 5.91 Å². The van der Waals surface area contributed by atoms with E-state index < -0.39 is 5.97 Å². The Labute approximate surface area is 133 Å². The van der Waals surface area contributed by atoms with Crippen molar-refractivity contribution < 1.29 is 19.4 Å². The molecule has 1 aromatic heterocycles. The molecular formula is C15H22N2O4S. The number of nitrogens with one attached hydrogen (secondary N) is 2. The van der Waals surface area contributed by atoms with E-state index in [1.165, 1.54) is 16.2 Å². The van der Waals surface area contributed by atoms with E-state index in [4.69, 9.17) is 9.84 Å². The Kier molecular flexibility index (Phi) is 6.21. The Balaban J connectivity index is 2.13. The van der Waals surface area contributed by atoms with Crippen LogP contribution in [0, 0.1) is 0 Å². The van der Waals surface area contributed by atoms with Crippen LogP contribution in [0.2, 0.25) is 0 Å². The molecule has 0 fully saturated rings. The van der Waals surface area contributed by atoms with Crippen LogP contribution in [0.5, 0.6) is 0 Å². The van der Waals surface area contributed by atoms with E-state index in [0.29, 0.717) is 23.7 Å². The number of ether oxygens (including phenoxy) is 1. The molecule has 1 aliphatic carbocycles. The molecule has 1 heterocycles. The van der Waals surface area contributed by atoms with Crippen LogP contribution in [0.1, 0.15) is 40.1 Å². The van der Waals surface area contributed by atoms with E-state index in [-0.39, 0.29) is 12.5 Å². The van der Waals surface area contributed by atoms with Crippen molar-refractivity contribution >= 4 is 28.2 Å². The second-order valence-corrected chi connectivity index (χ2v) is 6.37. The van der Waals surface area contributed by atoms with Gasteiger partial charge in [0, 0.05) is 25.1 Å². The van der Waals surface area contributed by atoms with Crippen LogP contribution >= 0.6 is 11.3 Å². The van der Waals surface area contributed by atoms with Crippen LogP contribution in [0.3, 0.4) is 0 Å². The lowest BCUT2D eigenvalue weighted by Crippen LogP contribution is -2.27. The van der Waals surface area contributed by atoms with E-state index in [2.05, 4.69) is 10.6 Å². The quantitative estimate of drug-likeness (QED) is 0.635. The molecule has 0 saturated heterocycles. The molecule has 0 spiro atoms. The first-order chi connectivity index (χ1) is 10.6. The molecule has 0 unspecified atom stereocenters. The lowest BCUT2D eigenvalue weighted by molar-refractivity contribution is -0.134. The number of hydrogen-bond donors (Lipinski definition) is 3. The minimum atomic E-state index is -0.933. The van der Waals surface area contributed by atoms with Crippen LogP contribution in [0.4, 0.5) is 5.00 Å². The summed E-state index contributed by atoms with van der Waals surface area (Å²) in [5.41, 5.74) is 1.73. The summed E-state index contributed by atoms with van der Waals surface area (Å²) in [6.07, 6.45) is 4.82. The molecule has 6 nitrogen and oxygen atoms in total. The fourth-order valence-electron chi connectivity index (χ4n) is 2.59. The van der Waals surface area contributed by atoms with Crippen LogP contribution in [0.25, 0.3) is 0 Å². The number of thiophene rings is 1. The number of carboxylic acids is 1. The molecule has 1 aromatic rings. The maximum atomic E-state index is 12.5. The zero-order chi connectivity index (χ0) is 15.9. The van der Waals surface area contributed by atoms with Gasteiger partial charge in [-0.1, -0.05) is 0 Å². The van der Waals surface area contributed by atoms with Crippen molar-refractivity contribution in [3.05, 3.63) is 16.0 Å². The topological polar surface area (TPSA) is 87.7 Å². The SMILES string of the molecule is COCCCNC(=O)c1c(NCC(=O)O)sc2c1CCCC2. The Bertz CT molecular complexity index is 542. The number of aryl methyl sites for hydroxylation is 1. The summed E-state index contributed by atoms with van der Waals surface area (Å²) in [6, 6.07) is 0. The second-order valence-electron chi connectivity index (χ2n) is 5.26. The monoisotopic (exact) mass is 326 g/mol. The number of anilines is 1. The second kappa shape index (κ2) is 8.14. The van der Waals surface area contributed by atoms with Gasteiger partial charge < -0.3 is 20.5 Å². The van der Waals surface area contributed by atoms with Gasteiger partial charge >= 0.3 is 5.97 Å². The van der Waals surface area contributed by atoms with Gasteiger partial charge in [-0.05, 0) is 37.7 Å². The van der Waals surface area contributed by atoms with Crippen LogP contribution in [-0.2, 0) is 22.4 Å². The van der Waals surface area contributed by atoms with Gasteiger partial charge in [0.05, 0.1) is 5.56 Å². The number of carbonyl (C=O) groups excluding carboxylic acids is 1. The highest BCUT2D eigenvalue weighted by atomic mass is 32.1. The molecule has 0 aromatic carbocycles. The van der Waals surface area contributed by atoms with Gasteiger partial charge in [-0.2, -0.15) is 0 Å². The standard InChI is InChI=1S/C15H22N2O4S/c1-21-8-4-7-16-14(20)13-10-5-2-3-6-11(10)22-15(13)17-9-12(18)19/h17H,2-9H2,1H3,(H,16,20)(H,18,19). The predicted octanol–water partition coefficient (Wildman–Crippen LogP) is 1.89. The third kappa shape index (κ3) is 4.20. The average molecular weight is 326 g/mol. The highest BCUT2D eigenvalue weighted by Crippen LogP contribution is 2.38. The number of amides is 1. The molecule has 0 saturated carbocycles. The van der Waals surface area contributed by atoms with Crippen LogP contribution in [0.15, 0.2) is 0 Å². The summed E-state index contributed by atoms with van der Waals surface area (Å²) in [7, 11) is 1.63. The number of carbonyl (C=O) groups is 2. The summed E-state index contributed by atoms with van der Waals surface area (Å²) in [5.74, 6) is -1.05. The maximum Gasteiger partial charge on any atom is 0.322 e. The first-order valence-corrected chi connectivity index (χ1v) is 8.32. The molecule has 1 aliphatic rings. The molecule has 0 bridgehead atoms. The fraction of sp³-hybridized carbons (Fsp3) is 0.600. The number of fused-ring (bicyclic) bond motifs is 1. The van der Waals surface area contributed by atoms with Crippen LogP contribution in [-0.4, -0.2) is 43.8 Å².